The van der Waals surface area contributed by atoms with E-state index < -0.39 is 0 Å². The van der Waals surface area contributed by atoms with Crippen LogP contribution < -0.4 is 0 Å². The highest BCUT2D eigenvalue weighted by Gasteiger charge is 2.05. The Morgan fingerprint density at radius 1 is 1.17 bits per heavy atom. The smallest absolute Gasteiger partial charge is 0.0649 e. The van der Waals surface area contributed by atoms with Gasteiger partial charge in [-0.3, -0.25) is 4.99 Å². The van der Waals surface area contributed by atoms with Crippen molar-refractivity contribution >= 4 is 11.3 Å². The topological polar surface area (TPSA) is 12.4 Å². The van der Waals surface area contributed by atoms with E-state index in [9.17, 15) is 0 Å². The molecule has 0 unspecified atom stereocenters. The van der Waals surface area contributed by atoms with Gasteiger partial charge in [0, 0.05) is 5.71 Å². The fourth-order valence-corrected chi connectivity index (χ4v) is 1.38. The molecule has 12 heavy (non-hydrogen) atoms. The molecule has 60 valence electrons. The number of hydrogen-bond acceptors (Lipinski definition) is 1. The van der Waals surface area contributed by atoms with E-state index in [0.29, 0.717) is 0 Å². The van der Waals surface area contributed by atoms with Crippen LogP contribution in [-0.2, 0) is 0 Å². The van der Waals surface area contributed by atoms with Crippen LogP contribution in [0.1, 0.15) is 12.5 Å². The summed E-state index contributed by atoms with van der Waals surface area (Å²) >= 11 is 0. The molecule has 0 bridgehead atoms. The van der Waals surface area contributed by atoms with Gasteiger partial charge in [-0.1, -0.05) is 30.3 Å². The quantitative estimate of drug-likeness (QED) is 0.594. The lowest BCUT2D eigenvalue weighted by molar-refractivity contribution is 1.29. The number of allylic oxidation sites excluding steroid dienone is 1. The number of rotatable bonds is 1. The van der Waals surface area contributed by atoms with Crippen LogP contribution in [-0.4, -0.2) is 12.3 Å². The molecule has 0 radical (unpaired) electrons. The molecule has 1 aromatic rings. The van der Waals surface area contributed by atoms with Gasteiger partial charge in [0.2, 0.25) is 0 Å². The van der Waals surface area contributed by atoms with E-state index >= 15 is 0 Å². The van der Waals surface area contributed by atoms with Crippen LogP contribution in [0.4, 0.5) is 0 Å². The standard InChI is InChI=1S/C11H11N/c1-9-7-11(8-12-9)10-5-3-2-4-6-10/h2-7H,8H2,1H3. The lowest BCUT2D eigenvalue weighted by atomic mass is 10.1. The van der Waals surface area contributed by atoms with Crippen LogP contribution in [0.25, 0.3) is 5.57 Å². The molecule has 2 rings (SSSR count). The number of nitrogens with zero attached hydrogens (tertiary/aromatic N) is 1. The Hall–Kier alpha value is -1.37. The summed E-state index contributed by atoms with van der Waals surface area (Å²) in [6.45, 7) is 2.88. The molecule has 0 N–H and O–H groups in total. The summed E-state index contributed by atoms with van der Waals surface area (Å²) in [4.78, 5) is 4.32. The zero-order chi connectivity index (χ0) is 8.39. The predicted octanol–water partition coefficient (Wildman–Crippen LogP) is 2.54. The van der Waals surface area contributed by atoms with Gasteiger partial charge in [-0.15, -0.1) is 0 Å². The van der Waals surface area contributed by atoms with E-state index in [-0.39, 0.29) is 0 Å². The van der Waals surface area contributed by atoms with Gasteiger partial charge in [-0.25, -0.2) is 0 Å². The Morgan fingerprint density at radius 2 is 1.92 bits per heavy atom. The second-order valence-electron chi connectivity index (χ2n) is 2.99. The third-order valence-corrected chi connectivity index (χ3v) is 2.03. The SMILES string of the molecule is CC1=NCC(c2ccccc2)=C1. The average Bonchev–Trinajstić information content (AvgIpc) is 2.54. The summed E-state index contributed by atoms with van der Waals surface area (Å²) in [5, 5.41) is 0. The first-order valence-corrected chi connectivity index (χ1v) is 4.13. The number of aliphatic imine (C=N–C) groups is 1. The molecule has 0 amide bonds. The molecule has 1 aromatic carbocycles. The van der Waals surface area contributed by atoms with E-state index in [2.05, 4.69) is 35.3 Å². The first-order valence-electron chi connectivity index (χ1n) is 4.13. The van der Waals surface area contributed by atoms with Gasteiger partial charge >= 0.3 is 0 Å². The first kappa shape index (κ1) is 7.29. The first-order chi connectivity index (χ1) is 5.86. The zero-order valence-corrected chi connectivity index (χ0v) is 7.12. The minimum absolute atomic E-state index is 0.843. The lowest BCUT2D eigenvalue weighted by Gasteiger charge is -1.98. The second-order valence-corrected chi connectivity index (χ2v) is 2.99. The van der Waals surface area contributed by atoms with Crippen molar-refractivity contribution in [2.24, 2.45) is 4.99 Å². The zero-order valence-electron chi connectivity index (χ0n) is 7.12. The van der Waals surface area contributed by atoms with Crippen molar-refractivity contribution in [2.75, 3.05) is 6.54 Å². The molecule has 1 heteroatoms. The van der Waals surface area contributed by atoms with Gasteiger partial charge in [0.15, 0.2) is 0 Å². The minimum Gasteiger partial charge on any atom is -0.285 e. The highest BCUT2D eigenvalue weighted by atomic mass is 14.7. The van der Waals surface area contributed by atoms with Gasteiger partial charge < -0.3 is 0 Å². The van der Waals surface area contributed by atoms with E-state index in [1.54, 1.807) is 0 Å². The maximum absolute atomic E-state index is 4.32. The lowest BCUT2D eigenvalue weighted by Crippen LogP contribution is -1.83. The normalized spacial score (nSPS) is 15.8. The van der Waals surface area contributed by atoms with Crippen molar-refractivity contribution < 1.29 is 0 Å². The van der Waals surface area contributed by atoms with Crippen molar-refractivity contribution in [1.29, 1.82) is 0 Å². The Morgan fingerprint density at radius 3 is 2.50 bits per heavy atom. The van der Waals surface area contributed by atoms with E-state index in [1.807, 2.05) is 13.0 Å². The van der Waals surface area contributed by atoms with Crippen LogP contribution in [0.3, 0.4) is 0 Å². The molecular formula is C11H11N. The fourth-order valence-electron chi connectivity index (χ4n) is 1.38. The molecule has 0 saturated heterocycles. The van der Waals surface area contributed by atoms with Crippen molar-refractivity contribution in [2.45, 2.75) is 6.92 Å². The van der Waals surface area contributed by atoms with Crippen LogP contribution in [0.15, 0.2) is 41.4 Å². The molecule has 1 aliphatic rings. The molecule has 0 spiro atoms. The van der Waals surface area contributed by atoms with Crippen molar-refractivity contribution in [3.05, 3.63) is 42.0 Å². The molecule has 0 atom stereocenters. The van der Waals surface area contributed by atoms with E-state index in [4.69, 9.17) is 0 Å². The minimum atomic E-state index is 0.843. The highest BCUT2D eigenvalue weighted by molar-refractivity contribution is 6.03. The second kappa shape index (κ2) is 2.94. The fraction of sp³-hybridized carbons (Fsp3) is 0.182. The Balaban J connectivity index is 2.30. The maximum Gasteiger partial charge on any atom is 0.0649 e. The van der Waals surface area contributed by atoms with Gasteiger partial charge in [0.05, 0.1) is 6.54 Å². The van der Waals surface area contributed by atoms with Gasteiger partial charge in [0.1, 0.15) is 0 Å². The molecule has 1 aliphatic heterocycles. The van der Waals surface area contributed by atoms with Crippen molar-refractivity contribution in [3.8, 4) is 0 Å². The van der Waals surface area contributed by atoms with Crippen LogP contribution >= 0.6 is 0 Å². The molecule has 1 heterocycles. The molecular weight excluding hydrogens is 146 g/mol. The van der Waals surface area contributed by atoms with E-state index in [1.165, 1.54) is 11.1 Å². The third kappa shape index (κ3) is 1.30. The van der Waals surface area contributed by atoms with Crippen molar-refractivity contribution in [3.63, 3.8) is 0 Å². The third-order valence-electron chi connectivity index (χ3n) is 2.03. The average molecular weight is 157 g/mol. The molecule has 0 fully saturated rings. The summed E-state index contributed by atoms with van der Waals surface area (Å²) < 4.78 is 0. The predicted molar refractivity (Wildman–Crippen MR) is 52.4 cm³/mol. The summed E-state index contributed by atoms with van der Waals surface area (Å²) in [6, 6.07) is 10.4. The largest absolute Gasteiger partial charge is 0.285 e. The Bertz CT molecular complexity index is 333. The van der Waals surface area contributed by atoms with Gasteiger partial charge in [-0.2, -0.15) is 0 Å². The number of benzene rings is 1. The van der Waals surface area contributed by atoms with E-state index in [0.717, 1.165) is 12.3 Å². The summed E-state index contributed by atoms with van der Waals surface area (Å²) in [7, 11) is 0. The summed E-state index contributed by atoms with van der Waals surface area (Å²) in [6.07, 6.45) is 2.15. The summed E-state index contributed by atoms with van der Waals surface area (Å²) in [5.74, 6) is 0. The highest BCUT2D eigenvalue weighted by Crippen LogP contribution is 2.18. The monoisotopic (exact) mass is 157 g/mol. The van der Waals surface area contributed by atoms with Gasteiger partial charge in [0.25, 0.3) is 0 Å². The Kier molecular flexibility index (Phi) is 1.78. The van der Waals surface area contributed by atoms with Gasteiger partial charge in [-0.05, 0) is 24.1 Å². The van der Waals surface area contributed by atoms with Crippen LogP contribution in [0, 0.1) is 0 Å². The van der Waals surface area contributed by atoms with Crippen LogP contribution in [0.2, 0.25) is 0 Å². The molecule has 1 nitrogen and oxygen atoms in total. The molecule has 0 aromatic heterocycles. The van der Waals surface area contributed by atoms with Crippen molar-refractivity contribution in [1.82, 2.24) is 0 Å². The molecule has 0 saturated carbocycles. The summed E-state index contributed by atoms with van der Waals surface area (Å²) in [5.41, 5.74) is 3.75. The molecule has 0 aliphatic carbocycles. The maximum atomic E-state index is 4.32. The van der Waals surface area contributed by atoms with Crippen LogP contribution in [0.5, 0.6) is 0 Å². The number of hydrogen-bond donors (Lipinski definition) is 0. The Labute approximate surface area is 72.5 Å².